The molecule has 0 aliphatic carbocycles. The third-order valence-electron chi connectivity index (χ3n) is 4.16. The molecule has 0 radical (unpaired) electrons. The van der Waals surface area contributed by atoms with E-state index in [9.17, 15) is 4.79 Å². The van der Waals surface area contributed by atoms with Gasteiger partial charge in [-0.15, -0.1) is 22.0 Å². The van der Waals surface area contributed by atoms with E-state index in [0.29, 0.717) is 12.3 Å². The summed E-state index contributed by atoms with van der Waals surface area (Å²) in [6.07, 6.45) is 0. The summed E-state index contributed by atoms with van der Waals surface area (Å²) in [5.41, 5.74) is 3.46. The average Bonchev–Trinajstić information content (AvgIpc) is 3.05. The zero-order valence-corrected chi connectivity index (χ0v) is 17.9. The predicted molar refractivity (Wildman–Crippen MR) is 117 cm³/mol. The first-order valence-corrected chi connectivity index (χ1v) is 11.1. The van der Waals surface area contributed by atoms with Crippen molar-refractivity contribution in [2.24, 2.45) is 7.05 Å². The van der Waals surface area contributed by atoms with Gasteiger partial charge in [-0.25, -0.2) is 0 Å². The maximum absolute atomic E-state index is 12.1. The van der Waals surface area contributed by atoms with E-state index in [0.717, 1.165) is 22.3 Å². The molecule has 0 atom stereocenters. The number of nitrogens with zero attached hydrogens (tertiary/aromatic N) is 3. The molecule has 7 heteroatoms. The van der Waals surface area contributed by atoms with Crippen molar-refractivity contribution in [1.82, 2.24) is 20.1 Å². The SMILES string of the molecule is Cc1ccc(SCCNC(=O)CSc2nnc(-c3cccc(C)c3)n2C)cc1. The summed E-state index contributed by atoms with van der Waals surface area (Å²) in [5.74, 6) is 1.99. The zero-order chi connectivity index (χ0) is 19.9. The highest BCUT2D eigenvalue weighted by atomic mass is 32.2. The lowest BCUT2D eigenvalue weighted by Crippen LogP contribution is -2.27. The van der Waals surface area contributed by atoms with Crippen molar-refractivity contribution < 1.29 is 4.79 Å². The monoisotopic (exact) mass is 412 g/mol. The van der Waals surface area contributed by atoms with E-state index in [1.54, 1.807) is 11.8 Å². The van der Waals surface area contributed by atoms with Gasteiger partial charge in [0.2, 0.25) is 5.91 Å². The average molecular weight is 413 g/mol. The summed E-state index contributed by atoms with van der Waals surface area (Å²) >= 11 is 3.14. The van der Waals surface area contributed by atoms with Gasteiger partial charge in [-0.1, -0.05) is 53.2 Å². The Labute approximate surface area is 174 Å². The lowest BCUT2D eigenvalue weighted by atomic mass is 10.1. The van der Waals surface area contributed by atoms with Gasteiger partial charge < -0.3 is 9.88 Å². The van der Waals surface area contributed by atoms with Crippen LogP contribution in [0.15, 0.2) is 58.6 Å². The van der Waals surface area contributed by atoms with Crippen LogP contribution in [0.4, 0.5) is 0 Å². The third kappa shape index (κ3) is 5.62. The molecule has 146 valence electrons. The molecule has 1 heterocycles. The van der Waals surface area contributed by atoms with Gasteiger partial charge in [-0.3, -0.25) is 4.79 Å². The minimum Gasteiger partial charge on any atom is -0.355 e. The number of nitrogens with one attached hydrogen (secondary N) is 1. The summed E-state index contributed by atoms with van der Waals surface area (Å²) in [6.45, 7) is 4.77. The Bertz CT molecular complexity index is 938. The van der Waals surface area contributed by atoms with Crippen LogP contribution >= 0.6 is 23.5 Å². The van der Waals surface area contributed by atoms with Crippen LogP contribution in [0.5, 0.6) is 0 Å². The van der Waals surface area contributed by atoms with Crippen molar-refractivity contribution in [1.29, 1.82) is 0 Å². The Balaban J connectivity index is 1.44. The van der Waals surface area contributed by atoms with Gasteiger partial charge in [0, 0.05) is 29.8 Å². The molecule has 1 N–H and O–H groups in total. The Morgan fingerprint density at radius 1 is 1.04 bits per heavy atom. The first-order chi connectivity index (χ1) is 13.5. The Hall–Kier alpha value is -2.25. The molecule has 0 saturated heterocycles. The van der Waals surface area contributed by atoms with E-state index in [4.69, 9.17) is 0 Å². The second-order valence-corrected chi connectivity index (χ2v) is 8.65. The van der Waals surface area contributed by atoms with Crippen LogP contribution in [-0.4, -0.2) is 38.7 Å². The van der Waals surface area contributed by atoms with Crippen LogP contribution in [0.2, 0.25) is 0 Å². The van der Waals surface area contributed by atoms with Gasteiger partial charge >= 0.3 is 0 Å². The quantitative estimate of drug-likeness (QED) is 0.446. The van der Waals surface area contributed by atoms with Crippen molar-refractivity contribution in [2.45, 2.75) is 23.9 Å². The predicted octanol–water partition coefficient (Wildman–Crippen LogP) is 4.10. The molecule has 0 aliphatic heterocycles. The number of rotatable bonds is 8. The van der Waals surface area contributed by atoms with E-state index in [-0.39, 0.29) is 5.91 Å². The van der Waals surface area contributed by atoms with E-state index in [1.165, 1.54) is 27.8 Å². The van der Waals surface area contributed by atoms with Gasteiger partial charge in [-0.05, 0) is 32.0 Å². The fraction of sp³-hybridized carbons (Fsp3) is 0.286. The van der Waals surface area contributed by atoms with Crippen LogP contribution < -0.4 is 5.32 Å². The molecule has 5 nitrogen and oxygen atoms in total. The van der Waals surface area contributed by atoms with Crippen LogP contribution in [0.25, 0.3) is 11.4 Å². The maximum atomic E-state index is 12.1. The largest absolute Gasteiger partial charge is 0.355 e. The van der Waals surface area contributed by atoms with E-state index in [2.05, 4.69) is 65.8 Å². The molecule has 0 spiro atoms. The number of thioether (sulfide) groups is 2. The second kappa shape index (κ2) is 9.80. The topological polar surface area (TPSA) is 59.8 Å². The Morgan fingerprint density at radius 2 is 1.82 bits per heavy atom. The molecule has 0 unspecified atom stereocenters. The van der Waals surface area contributed by atoms with Crippen molar-refractivity contribution in [2.75, 3.05) is 18.1 Å². The number of carbonyl (C=O) groups is 1. The van der Waals surface area contributed by atoms with Crippen LogP contribution in [0.1, 0.15) is 11.1 Å². The molecule has 3 aromatic rings. The van der Waals surface area contributed by atoms with Gasteiger partial charge in [0.15, 0.2) is 11.0 Å². The second-order valence-electron chi connectivity index (χ2n) is 6.53. The fourth-order valence-electron chi connectivity index (χ4n) is 2.65. The summed E-state index contributed by atoms with van der Waals surface area (Å²) in [7, 11) is 1.93. The molecule has 1 aromatic heterocycles. The lowest BCUT2D eigenvalue weighted by Gasteiger charge is -2.06. The van der Waals surface area contributed by atoms with Crippen molar-refractivity contribution >= 4 is 29.4 Å². The third-order valence-corrected chi connectivity index (χ3v) is 6.19. The number of amides is 1. The summed E-state index contributed by atoms with van der Waals surface area (Å²) in [4.78, 5) is 13.3. The minimum atomic E-state index is 0.00890. The van der Waals surface area contributed by atoms with Crippen molar-refractivity contribution in [3.05, 3.63) is 59.7 Å². The molecule has 2 aromatic carbocycles. The first-order valence-electron chi connectivity index (χ1n) is 9.08. The van der Waals surface area contributed by atoms with Crippen LogP contribution in [0, 0.1) is 13.8 Å². The van der Waals surface area contributed by atoms with Gasteiger partial charge in [0.1, 0.15) is 0 Å². The molecular formula is C21H24N4OS2. The number of aromatic nitrogens is 3. The lowest BCUT2D eigenvalue weighted by molar-refractivity contribution is -0.118. The highest BCUT2D eigenvalue weighted by Gasteiger charge is 2.13. The van der Waals surface area contributed by atoms with Gasteiger partial charge in [0.05, 0.1) is 5.75 Å². The summed E-state index contributed by atoms with van der Waals surface area (Å²) < 4.78 is 1.93. The van der Waals surface area contributed by atoms with Crippen molar-refractivity contribution in [3.8, 4) is 11.4 Å². The molecule has 0 aliphatic rings. The number of hydrogen-bond donors (Lipinski definition) is 1. The number of benzene rings is 2. The molecule has 0 saturated carbocycles. The number of hydrogen-bond acceptors (Lipinski definition) is 5. The standard InChI is InChI=1S/C21H24N4OS2/c1-15-7-9-18(10-8-15)27-12-11-22-19(26)14-28-21-24-23-20(25(21)3)17-6-4-5-16(2)13-17/h4-10,13H,11-12,14H2,1-3H3,(H,22,26). The van der Waals surface area contributed by atoms with E-state index in [1.807, 2.05) is 23.7 Å². The molecule has 0 fully saturated rings. The van der Waals surface area contributed by atoms with E-state index < -0.39 is 0 Å². The molecule has 1 amide bonds. The summed E-state index contributed by atoms with van der Waals surface area (Å²) in [6, 6.07) is 16.6. The smallest absolute Gasteiger partial charge is 0.230 e. The highest BCUT2D eigenvalue weighted by molar-refractivity contribution is 7.99. The zero-order valence-electron chi connectivity index (χ0n) is 16.3. The van der Waals surface area contributed by atoms with E-state index >= 15 is 0 Å². The Kier molecular flexibility index (Phi) is 7.17. The fourth-order valence-corrected chi connectivity index (χ4v) is 4.16. The summed E-state index contributed by atoms with van der Waals surface area (Å²) in [5, 5.41) is 12.2. The number of carbonyl (C=O) groups excluding carboxylic acids is 1. The first kappa shape index (κ1) is 20.5. The number of aryl methyl sites for hydroxylation is 2. The van der Waals surface area contributed by atoms with Crippen LogP contribution in [0.3, 0.4) is 0 Å². The minimum absolute atomic E-state index is 0.00890. The normalized spacial score (nSPS) is 10.8. The Morgan fingerprint density at radius 3 is 2.57 bits per heavy atom. The maximum Gasteiger partial charge on any atom is 0.230 e. The molecule has 28 heavy (non-hydrogen) atoms. The van der Waals surface area contributed by atoms with Crippen molar-refractivity contribution in [3.63, 3.8) is 0 Å². The highest BCUT2D eigenvalue weighted by Crippen LogP contribution is 2.23. The molecule has 0 bridgehead atoms. The van der Waals surface area contributed by atoms with Crippen LogP contribution in [-0.2, 0) is 11.8 Å². The van der Waals surface area contributed by atoms with Gasteiger partial charge in [0.25, 0.3) is 0 Å². The van der Waals surface area contributed by atoms with Gasteiger partial charge in [-0.2, -0.15) is 0 Å². The molecule has 3 rings (SSSR count). The molecular weight excluding hydrogens is 388 g/mol.